The molecule has 0 saturated heterocycles. The number of fused-ring (bicyclic) bond motifs is 1. The van der Waals surface area contributed by atoms with Crippen LogP contribution in [0, 0.1) is 0 Å². The molecule has 1 amide bonds. The number of ether oxygens (including phenoxy) is 2. The van der Waals surface area contributed by atoms with E-state index in [-0.39, 0.29) is 41.4 Å². The molecule has 1 heterocycles. The number of esters is 1. The minimum absolute atomic E-state index is 0.0259. The number of nitrogens with zero attached hydrogens (tertiary/aromatic N) is 1. The molecular weight excluding hydrogens is 453 g/mol. The van der Waals surface area contributed by atoms with Gasteiger partial charge in [0.25, 0.3) is 10.0 Å². The van der Waals surface area contributed by atoms with Crippen LogP contribution >= 0.6 is 0 Å². The predicted molar refractivity (Wildman–Crippen MR) is 107 cm³/mol. The quantitative estimate of drug-likeness (QED) is 0.672. The average Bonchev–Trinajstić information content (AvgIpc) is 2.76. The van der Waals surface area contributed by atoms with Gasteiger partial charge in [-0.3, -0.25) is 9.52 Å². The first kappa shape index (κ1) is 23.4. The van der Waals surface area contributed by atoms with Gasteiger partial charge in [0.05, 0.1) is 30.4 Å². The number of amides is 1. The number of carbonyl (C=O) groups excluding carboxylic acids is 2. The molecule has 0 aliphatic carbocycles. The normalized spacial score (nSPS) is 13.8. The van der Waals surface area contributed by atoms with Gasteiger partial charge in [-0.2, -0.15) is 13.2 Å². The third kappa shape index (κ3) is 4.79. The highest BCUT2D eigenvalue weighted by molar-refractivity contribution is 7.92. The zero-order valence-electron chi connectivity index (χ0n) is 17.0. The Labute approximate surface area is 182 Å². The molecule has 1 N–H and O–H groups in total. The van der Waals surface area contributed by atoms with Crippen molar-refractivity contribution in [1.29, 1.82) is 0 Å². The van der Waals surface area contributed by atoms with Crippen molar-refractivity contribution in [1.82, 2.24) is 4.90 Å². The van der Waals surface area contributed by atoms with E-state index >= 15 is 0 Å². The van der Waals surface area contributed by atoms with Gasteiger partial charge in [0.15, 0.2) is 0 Å². The van der Waals surface area contributed by atoms with Crippen molar-refractivity contribution in [3.05, 3.63) is 53.1 Å². The number of hydrogen-bond acceptors (Lipinski definition) is 6. The lowest BCUT2D eigenvalue weighted by Gasteiger charge is -2.29. The Balaban J connectivity index is 1.91. The highest BCUT2D eigenvalue weighted by Crippen LogP contribution is 2.30. The highest BCUT2D eigenvalue weighted by Gasteiger charge is 2.43. The van der Waals surface area contributed by atoms with E-state index in [4.69, 9.17) is 4.74 Å². The lowest BCUT2D eigenvalue weighted by atomic mass is 10.00. The first-order valence-electron chi connectivity index (χ1n) is 9.23. The maximum absolute atomic E-state index is 12.9. The van der Waals surface area contributed by atoms with Crippen LogP contribution in [-0.2, 0) is 32.5 Å². The van der Waals surface area contributed by atoms with Crippen LogP contribution in [0.25, 0.3) is 0 Å². The second kappa shape index (κ2) is 8.69. The van der Waals surface area contributed by atoms with Gasteiger partial charge >= 0.3 is 18.1 Å². The number of methoxy groups -OCH3 is 2. The minimum atomic E-state index is -5.01. The van der Waals surface area contributed by atoms with Gasteiger partial charge in [0.2, 0.25) is 0 Å². The number of benzene rings is 2. The number of nitrogens with one attached hydrogen (secondary N) is 1. The molecule has 0 aromatic heterocycles. The molecule has 172 valence electrons. The van der Waals surface area contributed by atoms with Crippen LogP contribution in [0.15, 0.2) is 41.3 Å². The van der Waals surface area contributed by atoms with Crippen molar-refractivity contribution < 1.29 is 40.7 Å². The summed E-state index contributed by atoms with van der Waals surface area (Å²) in [4.78, 5) is 23.7. The van der Waals surface area contributed by atoms with Gasteiger partial charge in [0.1, 0.15) is 5.75 Å². The van der Waals surface area contributed by atoms with E-state index in [1.165, 1.54) is 50.6 Å². The zero-order chi connectivity index (χ0) is 23.7. The first-order chi connectivity index (χ1) is 15.0. The van der Waals surface area contributed by atoms with Gasteiger partial charge in [-0.05, 0) is 47.9 Å². The van der Waals surface area contributed by atoms with Crippen molar-refractivity contribution in [2.24, 2.45) is 0 Å². The van der Waals surface area contributed by atoms with Crippen LogP contribution in [0.3, 0.4) is 0 Å². The van der Waals surface area contributed by atoms with Crippen LogP contribution < -0.4 is 9.46 Å². The topological polar surface area (TPSA) is 102 Å². The van der Waals surface area contributed by atoms with Crippen LogP contribution in [0.5, 0.6) is 5.75 Å². The van der Waals surface area contributed by atoms with Gasteiger partial charge in [-0.15, -0.1) is 0 Å². The molecule has 12 heteroatoms. The van der Waals surface area contributed by atoms with Gasteiger partial charge in [0, 0.05) is 13.1 Å². The number of sulfonamides is 1. The Morgan fingerprint density at radius 3 is 2.41 bits per heavy atom. The third-order valence-electron chi connectivity index (χ3n) is 4.89. The summed E-state index contributed by atoms with van der Waals surface area (Å²) in [6, 6.07) is 8.07. The largest absolute Gasteiger partial charge is 0.495 e. The molecular formula is C20H19F3N2O6S. The summed E-state index contributed by atoms with van der Waals surface area (Å²) in [5.41, 5.74) is 1.01. The number of rotatable bonds is 5. The summed E-state index contributed by atoms with van der Waals surface area (Å²) in [6.45, 7) is -0.481. The molecule has 2 aromatic rings. The molecule has 0 atom stereocenters. The van der Waals surface area contributed by atoms with Crippen LogP contribution in [0.4, 0.5) is 18.9 Å². The van der Waals surface area contributed by atoms with Gasteiger partial charge in [-0.1, -0.05) is 6.07 Å². The molecule has 0 spiro atoms. The first-order valence-corrected chi connectivity index (χ1v) is 10.7. The number of anilines is 1. The van der Waals surface area contributed by atoms with Crippen molar-refractivity contribution in [2.75, 3.05) is 25.5 Å². The van der Waals surface area contributed by atoms with Crippen LogP contribution in [0.1, 0.15) is 21.5 Å². The van der Waals surface area contributed by atoms with E-state index in [0.717, 1.165) is 0 Å². The molecule has 8 nitrogen and oxygen atoms in total. The summed E-state index contributed by atoms with van der Waals surface area (Å²) in [5, 5.41) is 0. The molecule has 32 heavy (non-hydrogen) atoms. The SMILES string of the molecule is COC(=O)c1ccc(OC)c(NS(=O)(=O)c2ccc3c(c2)CN(C(=O)C(F)(F)F)CC3)c1. The predicted octanol–water partition coefficient (Wildman–Crippen LogP) is 2.73. The maximum Gasteiger partial charge on any atom is 0.471 e. The molecule has 0 fully saturated rings. The molecule has 3 rings (SSSR count). The van der Waals surface area contributed by atoms with E-state index in [1.54, 1.807) is 0 Å². The van der Waals surface area contributed by atoms with E-state index in [1.807, 2.05) is 0 Å². The molecule has 0 bridgehead atoms. The molecule has 0 unspecified atom stereocenters. The molecule has 1 aliphatic rings. The van der Waals surface area contributed by atoms with Gasteiger partial charge in [-0.25, -0.2) is 13.2 Å². The summed E-state index contributed by atoms with van der Waals surface area (Å²) in [5.74, 6) is -2.52. The van der Waals surface area contributed by atoms with Crippen LogP contribution in [0.2, 0.25) is 0 Å². The second-order valence-corrected chi connectivity index (χ2v) is 8.60. The monoisotopic (exact) mass is 472 g/mol. The third-order valence-corrected chi connectivity index (χ3v) is 6.26. The number of hydrogen-bond donors (Lipinski definition) is 1. The van der Waals surface area contributed by atoms with Crippen molar-refractivity contribution >= 4 is 27.6 Å². The number of alkyl halides is 3. The summed E-state index contributed by atoms with van der Waals surface area (Å²) >= 11 is 0. The zero-order valence-corrected chi connectivity index (χ0v) is 17.8. The number of carbonyl (C=O) groups is 2. The summed E-state index contributed by atoms with van der Waals surface area (Å²) in [7, 11) is -1.71. The fourth-order valence-corrected chi connectivity index (χ4v) is 4.40. The summed E-state index contributed by atoms with van der Waals surface area (Å²) in [6.07, 6.45) is -4.84. The lowest BCUT2D eigenvalue weighted by Crippen LogP contribution is -2.43. The van der Waals surface area contributed by atoms with Crippen molar-refractivity contribution in [3.8, 4) is 5.75 Å². The molecule has 1 aliphatic heterocycles. The van der Waals surface area contributed by atoms with Gasteiger partial charge < -0.3 is 14.4 Å². The van der Waals surface area contributed by atoms with E-state index < -0.39 is 28.1 Å². The Hall–Kier alpha value is -3.28. The van der Waals surface area contributed by atoms with Crippen molar-refractivity contribution in [2.45, 2.75) is 24.0 Å². The minimum Gasteiger partial charge on any atom is -0.495 e. The smallest absolute Gasteiger partial charge is 0.471 e. The molecule has 0 saturated carbocycles. The number of halogens is 3. The standard InChI is InChI=1S/C20H19F3N2O6S/c1-30-17-6-4-13(18(26)31-2)10-16(17)24-32(28,29)15-5-3-12-7-8-25(11-14(12)9-15)19(27)20(21,22)23/h3-6,9-10,24H,7-8,11H2,1-2H3. The Morgan fingerprint density at radius 1 is 1.06 bits per heavy atom. The van der Waals surface area contributed by atoms with Crippen LogP contribution in [-0.4, -0.2) is 52.1 Å². The average molecular weight is 472 g/mol. The molecule has 2 aromatic carbocycles. The molecule has 0 radical (unpaired) electrons. The Kier molecular flexibility index (Phi) is 6.35. The Bertz CT molecular complexity index is 1160. The maximum atomic E-state index is 12.9. The Morgan fingerprint density at radius 2 is 1.78 bits per heavy atom. The fourth-order valence-electron chi connectivity index (χ4n) is 3.29. The fraction of sp³-hybridized carbons (Fsp3) is 0.300. The van der Waals surface area contributed by atoms with E-state index in [0.29, 0.717) is 16.0 Å². The van der Waals surface area contributed by atoms with E-state index in [2.05, 4.69) is 9.46 Å². The highest BCUT2D eigenvalue weighted by atomic mass is 32.2. The second-order valence-electron chi connectivity index (χ2n) is 6.92. The van der Waals surface area contributed by atoms with E-state index in [9.17, 15) is 31.2 Å². The summed E-state index contributed by atoms with van der Waals surface area (Å²) < 4.78 is 76.2. The van der Waals surface area contributed by atoms with Crippen molar-refractivity contribution in [3.63, 3.8) is 0 Å². The lowest BCUT2D eigenvalue weighted by molar-refractivity contribution is -0.186.